The minimum Gasteiger partial charge on any atom is -0.491 e. The first-order valence-corrected chi connectivity index (χ1v) is 9.01. The van der Waals surface area contributed by atoms with E-state index in [-0.39, 0.29) is 0 Å². The molecule has 1 aliphatic heterocycles. The van der Waals surface area contributed by atoms with Gasteiger partial charge in [-0.15, -0.1) is 0 Å². The van der Waals surface area contributed by atoms with Gasteiger partial charge < -0.3 is 14.7 Å². The highest BCUT2D eigenvalue weighted by Crippen LogP contribution is 2.18. The summed E-state index contributed by atoms with van der Waals surface area (Å²) >= 11 is 0. The lowest BCUT2D eigenvalue weighted by atomic mass is 10.2. The third-order valence-electron chi connectivity index (χ3n) is 4.64. The van der Waals surface area contributed by atoms with E-state index in [4.69, 9.17) is 4.74 Å². The molecule has 4 heteroatoms. The average molecular weight is 340 g/mol. The van der Waals surface area contributed by atoms with Crippen LogP contribution in [0.25, 0.3) is 0 Å². The van der Waals surface area contributed by atoms with E-state index in [9.17, 15) is 5.11 Å². The summed E-state index contributed by atoms with van der Waals surface area (Å²) in [6.45, 7) is 9.09. The monoisotopic (exact) mass is 340 g/mol. The van der Waals surface area contributed by atoms with E-state index in [0.717, 1.165) is 31.9 Å². The number of β-amino-alcohol motifs (C(OH)–C–C–N with tert-alkyl or cyclic N) is 1. The molecule has 1 heterocycles. The largest absolute Gasteiger partial charge is 0.491 e. The highest BCUT2D eigenvalue weighted by atomic mass is 16.5. The predicted octanol–water partition coefficient (Wildman–Crippen LogP) is 2.87. The summed E-state index contributed by atoms with van der Waals surface area (Å²) in [5.41, 5.74) is 3.76. The average Bonchev–Trinajstić information content (AvgIpc) is 2.61. The van der Waals surface area contributed by atoms with Gasteiger partial charge in [-0.3, -0.25) is 4.90 Å². The van der Waals surface area contributed by atoms with Gasteiger partial charge in [0.25, 0.3) is 0 Å². The number of hydrogen-bond donors (Lipinski definition) is 1. The molecular weight excluding hydrogens is 312 g/mol. The molecule has 1 N–H and O–H groups in total. The van der Waals surface area contributed by atoms with Gasteiger partial charge in [0, 0.05) is 38.4 Å². The molecule has 1 saturated heterocycles. The third-order valence-corrected chi connectivity index (χ3v) is 4.64. The minimum atomic E-state index is -0.467. The minimum absolute atomic E-state index is 0.335. The van der Waals surface area contributed by atoms with Crippen molar-refractivity contribution in [1.82, 2.24) is 4.90 Å². The lowest BCUT2D eigenvalue weighted by molar-refractivity contribution is 0.0663. The molecule has 1 atom stereocenters. The van der Waals surface area contributed by atoms with E-state index in [2.05, 4.69) is 41.0 Å². The zero-order valence-electron chi connectivity index (χ0n) is 15.2. The van der Waals surface area contributed by atoms with E-state index in [1.165, 1.54) is 16.8 Å². The van der Waals surface area contributed by atoms with Crippen LogP contribution in [0.4, 0.5) is 5.69 Å². The van der Waals surface area contributed by atoms with Gasteiger partial charge >= 0.3 is 0 Å². The van der Waals surface area contributed by atoms with Crippen molar-refractivity contribution in [2.24, 2.45) is 0 Å². The summed E-state index contributed by atoms with van der Waals surface area (Å²) in [5.74, 6) is 0.823. The van der Waals surface area contributed by atoms with Gasteiger partial charge in [0.1, 0.15) is 18.5 Å². The SMILES string of the molecule is Cc1cccc(OC[C@@H](O)CN2CCN(c3cccc(C)c3)CC2)c1. The van der Waals surface area contributed by atoms with Gasteiger partial charge in [0.2, 0.25) is 0 Å². The highest BCUT2D eigenvalue weighted by molar-refractivity contribution is 5.48. The van der Waals surface area contributed by atoms with Gasteiger partial charge in [-0.1, -0.05) is 24.3 Å². The van der Waals surface area contributed by atoms with Crippen LogP contribution in [0.5, 0.6) is 5.75 Å². The van der Waals surface area contributed by atoms with Crippen molar-refractivity contribution >= 4 is 5.69 Å². The van der Waals surface area contributed by atoms with Crippen molar-refractivity contribution in [2.75, 3.05) is 44.2 Å². The summed E-state index contributed by atoms with van der Waals surface area (Å²) in [4.78, 5) is 4.73. The maximum atomic E-state index is 10.3. The standard InChI is InChI=1S/C21H28N2O2/c1-17-5-3-7-19(13-17)23-11-9-22(10-12-23)15-20(24)16-25-21-8-4-6-18(2)14-21/h3-8,13-14,20,24H,9-12,15-16H2,1-2H3/t20-/m0/s1. The Bertz CT molecular complexity index is 681. The molecule has 0 unspecified atom stereocenters. The Hall–Kier alpha value is -2.04. The van der Waals surface area contributed by atoms with Gasteiger partial charge in [0.15, 0.2) is 0 Å². The van der Waals surface area contributed by atoms with Crippen LogP contribution in [0, 0.1) is 13.8 Å². The van der Waals surface area contributed by atoms with Crippen molar-refractivity contribution in [2.45, 2.75) is 20.0 Å². The summed E-state index contributed by atoms with van der Waals surface area (Å²) in [7, 11) is 0. The Morgan fingerprint density at radius 3 is 2.32 bits per heavy atom. The number of aliphatic hydroxyl groups is 1. The molecule has 1 fully saturated rings. The Morgan fingerprint density at radius 2 is 1.64 bits per heavy atom. The molecule has 3 rings (SSSR count). The maximum absolute atomic E-state index is 10.3. The fourth-order valence-corrected chi connectivity index (χ4v) is 3.26. The van der Waals surface area contributed by atoms with Crippen LogP contribution >= 0.6 is 0 Å². The molecule has 25 heavy (non-hydrogen) atoms. The Labute approximate surface area is 150 Å². The predicted molar refractivity (Wildman–Crippen MR) is 103 cm³/mol. The molecule has 2 aromatic rings. The van der Waals surface area contributed by atoms with Crippen LogP contribution < -0.4 is 9.64 Å². The van der Waals surface area contributed by atoms with Crippen molar-refractivity contribution in [3.63, 3.8) is 0 Å². The van der Waals surface area contributed by atoms with Crippen LogP contribution in [0.3, 0.4) is 0 Å². The summed E-state index contributed by atoms with van der Waals surface area (Å²) < 4.78 is 5.71. The smallest absolute Gasteiger partial charge is 0.119 e. The van der Waals surface area contributed by atoms with E-state index in [1.54, 1.807) is 0 Å². The second-order valence-electron chi connectivity index (χ2n) is 6.91. The van der Waals surface area contributed by atoms with Crippen molar-refractivity contribution in [3.05, 3.63) is 59.7 Å². The van der Waals surface area contributed by atoms with Crippen LogP contribution in [-0.4, -0.2) is 55.4 Å². The quantitative estimate of drug-likeness (QED) is 0.877. The number of hydrogen-bond acceptors (Lipinski definition) is 4. The number of rotatable bonds is 6. The first-order valence-electron chi connectivity index (χ1n) is 9.01. The Balaban J connectivity index is 1.42. The Kier molecular flexibility index (Phi) is 5.95. The number of piperazine rings is 1. The molecule has 0 aliphatic carbocycles. The lowest BCUT2D eigenvalue weighted by Crippen LogP contribution is -2.49. The number of anilines is 1. The van der Waals surface area contributed by atoms with Gasteiger partial charge in [-0.05, 0) is 49.2 Å². The lowest BCUT2D eigenvalue weighted by Gasteiger charge is -2.37. The highest BCUT2D eigenvalue weighted by Gasteiger charge is 2.19. The van der Waals surface area contributed by atoms with Crippen LogP contribution in [0.1, 0.15) is 11.1 Å². The molecular formula is C21H28N2O2. The molecule has 0 saturated carbocycles. The summed E-state index contributed by atoms with van der Waals surface area (Å²) in [5, 5.41) is 10.3. The molecule has 0 amide bonds. The zero-order valence-corrected chi connectivity index (χ0v) is 15.2. The molecule has 0 spiro atoms. The third kappa shape index (κ3) is 5.21. The number of aryl methyl sites for hydroxylation is 2. The number of aliphatic hydroxyl groups excluding tert-OH is 1. The molecule has 2 aromatic carbocycles. The van der Waals surface area contributed by atoms with Crippen molar-refractivity contribution in [1.29, 1.82) is 0 Å². The van der Waals surface area contributed by atoms with E-state index < -0.39 is 6.10 Å². The number of benzene rings is 2. The molecule has 0 bridgehead atoms. The van der Waals surface area contributed by atoms with Gasteiger partial charge in [0.05, 0.1) is 0 Å². The first kappa shape index (κ1) is 17.8. The van der Waals surface area contributed by atoms with E-state index in [0.29, 0.717) is 13.2 Å². The second-order valence-corrected chi connectivity index (χ2v) is 6.91. The number of nitrogens with zero attached hydrogens (tertiary/aromatic N) is 2. The molecule has 134 valence electrons. The molecule has 4 nitrogen and oxygen atoms in total. The van der Waals surface area contributed by atoms with Crippen LogP contribution in [-0.2, 0) is 0 Å². The van der Waals surface area contributed by atoms with Crippen molar-refractivity contribution < 1.29 is 9.84 Å². The van der Waals surface area contributed by atoms with E-state index in [1.807, 2.05) is 31.2 Å². The maximum Gasteiger partial charge on any atom is 0.119 e. The van der Waals surface area contributed by atoms with Gasteiger partial charge in [-0.25, -0.2) is 0 Å². The van der Waals surface area contributed by atoms with Crippen LogP contribution in [0.2, 0.25) is 0 Å². The topological polar surface area (TPSA) is 35.9 Å². The molecule has 0 radical (unpaired) electrons. The first-order chi connectivity index (χ1) is 12.1. The van der Waals surface area contributed by atoms with Crippen molar-refractivity contribution in [3.8, 4) is 5.75 Å². The fourth-order valence-electron chi connectivity index (χ4n) is 3.26. The Morgan fingerprint density at radius 1 is 0.960 bits per heavy atom. The fraction of sp³-hybridized carbons (Fsp3) is 0.429. The molecule has 0 aromatic heterocycles. The zero-order chi connectivity index (χ0) is 17.6. The van der Waals surface area contributed by atoms with Gasteiger partial charge in [-0.2, -0.15) is 0 Å². The normalized spacial score (nSPS) is 16.7. The second kappa shape index (κ2) is 8.37. The summed E-state index contributed by atoms with van der Waals surface area (Å²) in [6.07, 6.45) is -0.467. The molecule has 1 aliphatic rings. The number of ether oxygens (including phenoxy) is 1. The van der Waals surface area contributed by atoms with Crippen LogP contribution in [0.15, 0.2) is 48.5 Å². The summed E-state index contributed by atoms with van der Waals surface area (Å²) in [6, 6.07) is 16.6. The van der Waals surface area contributed by atoms with E-state index >= 15 is 0 Å².